The number of ether oxygens (including phenoxy) is 1. The molecule has 2 aromatic carbocycles. The van der Waals surface area contributed by atoms with Crippen molar-refractivity contribution in [3.05, 3.63) is 60.9 Å². The van der Waals surface area contributed by atoms with E-state index in [9.17, 15) is 4.79 Å². The molecule has 0 bridgehead atoms. The van der Waals surface area contributed by atoms with Crippen LogP contribution >= 0.6 is 0 Å². The number of aromatic nitrogens is 4. The van der Waals surface area contributed by atoms with Crippen LogP contribution in [-0.2, 0) is 4.79 Å². The Morgan fingerprint density at radius 2 is 1.81 bits per heavy atom. The highest BCUT2D eigenvalue weighted by molar-refractivity contribution is 5.98. The molecule has 0 spiro atoms. The zero-order valence-electron chi connectivity index (χ0n) is 21.2. The largest absolute Gasteiger partial charge is 0.457 e. The molecule has 1 unspecified atom stereocenters. The smallest absolute Gasteiger partial charge is 0.239 e. The molecule has 37 heavy (non-hydrogen) atoms. The van der Waals surface area contributed by atoms with Gasteiger partial charge in [0, 0.05) is 18.7 Å². The summed E-state index contributed by atoms with van der Waals surface area (Å²) in [4.78, 5) is 23.7. The van der Waals surface area contributed by atoms with Crippen molar-refractivity contribution in [2.24, 2.45) is 11.7 Å². The number of anilines is 1. The van der Waals surface area contributed by atoms with Crippen molar-refractivity contribution >= 4 is 22.8 Å². The van der Waals surface area contributed by atoms with Crippen molar-refractivity contribution in [2.75, 3.05) is 18.8 Å². The molecule has 2 atom stereocenters. The Bertz CT molecular complexity index is 1370. The first kappa shape index (κ1) is 24.7. The molecule has 3 heterocycles. The van der Waals surface area contributed by atoms with E-state index in [0.717, 1.165) is 29.9 Å². The second-order valence-electron chi connectivity index (χ2n) is 10.0. The van der Waals surface area contributed by atoms with Gasteiger partial charge in [-0.15, -0.1) is 0 Å². The molecule has 4 N–H and O–H groups in total. The second-order valence-corrected chi connectivity index (χ2v) is 10.0. The van der Waals surface area contributed by atoms with Gasteiger partial charge in [0.2, 0.25) is 5.91 Å². The van der Waals surface area contributed by atoms with Crippen LogP contribution in [0.3, 0.4) is 0 Å². The molecular formula is C28H33N7O2. The summed E-state index contributed by atoms with van der Waals surface area (Å²) in [5, 5.41) is 5.68. The van der Waals surface area contributed by atoms with Gasteiger partial charge in [-0.2, -0.15) is 5.10 Å². The molecule has 4 aromatic rings. The Balaban J connectivity index is 1.43. The Morgan fingerprint density at radius 3 is 2.54 bits per heavy atom. The number of likely N-dealkylation sites (tertiary alicyclic amines) is 1. The van der Waals surface area contributed by atoms with Gasteiger partial charge >= 0.3 is 0 Å². The van der Waals surface area contributed by atoms with Crippen molar-refractivity contribution in [3.8, 4) is 22.8 Å². The fourth-order valence-corrected chi connectivity index (χ4v) is 4.96. The predicted octanol–water partition coefficient (Wildman–Crippen LogP) is 4.40. The van der Waals surface area contributed by atoms with Crippen LogP contribution in [0.4, 0.5) is 5.82 Å². The third-order valence-corrected chi connectivity index (χ3v) is 6.72. The number of para-hydroxylation sites is 1. The molecule has 1 amide bonds. The first-order valence-corrected chi connectivity index (χ1v) is 12.8. The summed E-state index contributed by atoms with van der Waals surface area (Å²) >= 11 is 0. The third-order valence-electron chi connectivity index (χ3n) is 6.72. The van der Waals surface area contributed by atoms with Crippen molar-refractivity contribution in [1.82, 2.24) is 24.6 Å². The number of hydrogen-bond acceptors (Lipinski definition) is 7. The number of nitrogen functional groups attached to an aromatic ring is 1. The molecule has 0 radical (unpaired) electrons. The maximum atomic E-state index is 13.0. The number of carbonyl (C=O) groups is 1. The quantitative estimate of drug-likeness (QED) is 0.386. The van der Waals surface area contributed by atoms with Crippen molar-refractivity contribution < 1.29 is 9.53 Å². The molecular weight excluding hydrogens is 466 g/mol. The monoisotopic (exact) mass is 499 g/mol. The molecule has 1 fully saturated rings. The van der Waals surface area contributed by atoms with Crippen LogP contribution in [0.5, 0.6) is 11.5 Å². The molecule has 192 valence electrons. The van der Waals surface area contributed by atoms with Crippen LogP contribution in [0, 0.1) is 5.92 Å². The van der Waals surface area contributed by atoms with E-state index in [1.54, 1.807) is 0 Å². The standard InChI is InChI=1S/C28H33N7O2/c1-18(2)15-23(29)28(36)34-14-6-7-20(16-34)35-27-24(26(30)31-17-32-27)25(33-35)19-10-12-22(13-11-19)37-21-8-4-3-5-9-21/h3-5,8-13,17-18,20,23H,6-7,14-16,29H2,1-2H3,(H2,30,31,32)/t20-,23?/m1/s1. The maximum absolute atomic E-state index is 13.0. The topological polar surface area (TPSA) is 125 Å². The van der Waals surface area contributed by atoms with E-state index >= 15 is 0 Å². The summed E-state index contributed by atoms with van der Waals surface area (Å²) in [7, 11) is 0. The average molecular weight is 500 g/mol. The van der Waals surface area contributed by atoms with Gasteiger partial charge < -0.3 is 21.1 Å². The molecule has 5 rings (SSSR count). The second kappa shape index (κ2) is 10.6. The minimum atomic E-state index is -0.488. The van der Waals surface area contributed by atoms with E-state index in [2.05, 4.69) is 23.8 Å². The van der Waals surface area contributed by atoms with Crippen LogP contribution in [0.1, 0.15) is 39.2 Å². The number of piperidine rings is 1. The predicted molar refractivity (Wildman–Crippen MR) is 144 cm³/mol. The maximum Gasteiger partial charge on any atom is 0.239 e. The van der Waals surface area contributed by atoms with Crippen LogP contribution in [0.15, 0.2) is 60.9 Å². The lowest BCUT2D eigenvalue weighted by molar-refractivity contribution is -0.134. The number of nitrogens with two attached hydrogens (primary N) is 2. The van der Waals surface area contributed by atoms with E-state index in [1.165, 1.54) is 6.33 Å². The van der Waals surface area contributed by atoms with Gasteiger partial charge in [-0.3, -0.25) is 4.79 Å². The lowest BCUT2D eigenvalue weighted by Crippen LogP contribution is -2.48. The highest BCUT2D eigenvalue weighted by atomic mass is 16.5. The fraction of sp³-hybridized carbons (Fsp3) is 0.357. The molecule has 0 saturated carbocycles. The van der Waals surface area contributed by atoms with Crippen LogP contribution in [0.2, 0.25) is 0 Å². The van der Waals surface area contributed by atoms with Gasteiger partial charge in [0.15, 0.2) is 5.65 Å². The molecule has 9 nitrogen and oxygen atoms in total. The minimum absolute atomic E-state index is 0.00164. The molecule has 1 aliphatic rings. The summed E-state index contributed by atoms with van der Waals surface area (Å²) < 4.78 is 7.84. The summed E-state index contributed by atoms with van der Waals surface area (Å²) in [5.41, 5.74) is 14.8. The Kier molecular flexibility index (Phi) is 7.05. The zero-order valence-corrected chi connectivity index (χ0v) is 21.2. The average Bonchev–Trinajstić information content (AvgIpc) is 3.30. The van der Waals surface area contributed by atoms with Crippen LogP contribution < -0.4 is 16.2 Å². The van der Waals surface area contributed by atoms with Gasteiger partial charge in [-0.1, -0.05) is 32.0 Å². The van der Waals surface area contributed by atoms with E-state index in [0.29, 0.717) is 48.0 Å². The van der Waals surface area contributed by atoms with Crippen molar-refractivity contribution in [3.63, 3.8) is 0 Å². The van der Waals surface area contributed by atoms with Gasteiger partial charge in [0.1, 0.15) is 29.3 Å². The molecule has 9 heteroatoms. The van der Waals surface area contributed by atoms with Gasteiger partial charge in [0.05, 0.1) is 17.5 Å². The van der Waals surface area contributed by atoms with E-state index in [-0.39, 0.29) is 11.9 Å². The minimum Gasteiger partial charge on any atom is -0.457 e. The SMILES string of the molecule is CC(C)CC(N)C(=O)N1CCC[C@@H](n2nc(-c3ccc(Oc4ccccc4)cc3)c3c(N)ncnc32)C1. The number of fused-ring (bicyclic) bond motifs is 1. The van der Waals surface area contributed by atoms with Gasteiger partial charge in [0.25, 0.3) is 0 Å². The van der Waals surface area contributed by atoms with Crippen molar-refractivity contribution in [1.29, 1.82) is 0 Å². The summed E-state index contributed by atoms with van der Waals surface area (Å²) in [6, 6.07) is 16.8. The molecule has 2 aromatic heterocycles. The summed E-state index contributed by atoms with van der Waals surface area (Å²) in [6.45, 7) is 5.39. The Hall–Kier alpha value is -3.98. The Morgan fingerprint density at radius 1 is 1.08 bits per heavy atom. The molecule has 0 aliphatic carbocycles. The lowest BCUT2D eigenvalue weighted by Gasteiger charge is -2.34. The number of benzene rings is 2. The number of hydrogen-bond donors (Lipinski definition) is 2. The first-order valence-electron chi connectivity index (χ1n) is 12.8. The van der Waals surface area contributed by atoms with Gasteiger partial charge in [-0.05, 0) is 61.6 Å². The number of carbonyl (C=O) groups excluding carboxylic acids is 1. The lowest BCUT2D eigenvalue weighted by atomic mass is 10.0. The fourth-order valence-electron chi connectivity index (χ4n) is 4.96. The first-order chi connectivity index (χ1) is 17.9. The van der Waals surface area contributed by atoms with Crippen molar-refractivity contribution in [2.45, 2.75) is 45.2 Å². The highest BCUT2D eigenvalue weighted by Gasteiger charge is 2.30. The van der Waals surface area contributed by atoms with E-state index in [4.69, 9.17) is 21.3 Å². The molecule has 1 aliphatic heterocycles. The van der Waals surface area contributed by atoms with Crippen LogP contribution in [-0.4, -0.2) is 49.7 Å². The Labute approximate surface area is 216 Å². The van der Waals surface area contributed by atoms with E-state index in [1.807, 2.05) is 64.2 Å². The number of amides is 1. The summed E-state index contributed by atoms with van der Waals surface area (Å²) in [6.07, 6.45) is 3.88. The number of nitrogens with zero attached hydrogens (tertiary/aromatic N) is 5. The number of rotatable bonds is 7. The van der Waals surface area contributed by atoms with Crippen LogP contribution in [0.25, 0.3) is 22.3 Å². The highest BCUT2D eigenvalue weighted by Crippen LogP contribution is 2.35. The zero-order chi connectivity index (χ0) is 25.9. The molecule has 1 saturated heterocycles. The summed E-state index contributed by atoms with van der Waals surface area (Å²) in [5.74, 6) is 2.23. The third kappa shape index (κ3) is 5.27. The normalized spacial score (nSPS) is 16.8. The van der Waals surface area contributed by atoms with Gasteiger partial charge in [-0.25, -0.2) is 14.6 Å². The van der Waals surface area contributed by atoms with E-state index < -0.39 is 6.04 Å².